The van der Waals surface area contributed by atoms with Crippen LogP contribution < -0.4 is 16.0 Å². The summed E-state index contributed by atoms with van der Waals surface area (Å²) < 4.78 is 30.0. The zero-order valence-corrected chi connectivity index (χ0v) is 17.6. The Morgan fingerprint density at radius 3 is 2.60 bits per heavy atom. The van der Waals surface area contributed by atoms with Crippen molar-refractivity contribution in [1.29, 1.82) is 0 Å². The lowest BCUT2D eigenvalue weighted by Crippen LogP contribution is -2.40. The van der Waals surface area contributed by atoms with Gasteiger partial charge in [0.25, 0.3) is 5.56 Å². The minimum atomic E-state index is -3.87. The number of nitrogens with zero attached hydrogens (tertiary/aromatic N) is 2. The Balaban J connectivity index is 1.62. The Kier molecular flexibility index (Phi) is 5.33. The summed E-state index contributed by atoms with van der Waals surface area (Å²) in [7, 11) is -2.41. The molecule has 0 bridgehead atoms. The highest BCUT2D eigenvalue weighted by Crippen LogP contribution is 2.36. The van der Waals surface area contributed by atoms with Gasteiger partial charge in [0.2, 0.25) is 10.0 Å². The Labute approximate surface area is 174 Å². The second-order valence-corrected chi connectivity index (χ2v) is 9.81. The largest absolute Gasteiger partial charge is 0.329 e. The summed E-state index contributed by atoms with van der Waals surface area (Å²) in [5.41, 5.74) is 0.0937. The van der Waals surface area contributed by atoms with E-state index in [0.29, 0.717) is 12.3 Å². The normalized spacial score (nSPS) is 22.3. The number of benzene rings is 1. The number of H-pyrrole nitrogens is 1. The predicted molar refractivity (Wildman–Crippen MR) is 114 cm³/mol. The first-order valence-corrected chi connectivity index (χ1v) is 11.4. The third-order valence-corrected chi connectivity index (χ3v) is 7.26. The number of pyridine rings is 1. The summed E-state index contributed by atoms with van der Waals surface area (Å²) in [6.07, 6.45) is 3.66. The van der Waals surface area contributed by atoms with Gasteiger partial charge in [0, 0.05) is 19.3 Å². The molecule has 0 aliphatic heterocycles. The summed E-state index contributed by atoms with van der Waals surface area (Å²) >= 11 is 0. The van der Waals surface area contributed by atoms with E-state index in [1.54, 1.807) is 0 Å². The molecule has 1 aliphatic carbocycles. The molecule has 4 rings (SSSR count). The van der Waals surface area contributed by atoms with Crippen LogP contribution in [0.2, 0.25) is 0 Å². The number of aromatic amines is 1. The first-order chi connectivity index (χ1) is 14.2. The molecule has 2 N–H and O–H groups in total. The van der Waals surface area contributed by atoms with Crippen molar-refractivity contribution in [2.75, 3.05) is 0 Å². The van der Waals surface area contributed by atoms with Gasteiger partial charge in [0.15, 0.2) is 0 Å². The van der Waals surface area contributed by atoms with Gasteiger partial charge >= 0.3 is 5.69 Å². The molecule has 3 unspecified atom stereocenters. The highest BCUT2D eigenvalue weighted by Gasteiger charge is 2.31. The number of hydrogen-bond acceptors (Lipinski definition) is 5. The van der Waals surface area contributed by atoms with Crippen molar-refractivity contribution in [3.8, 4) is 0 Å². The molecule has 1 aliphatic rings. The average molecular weight is 429 g/mol. The minimum Gasteiger partial charge on any atom is -0.281 e. The van der Waals surface area contributed by atoms with E-state index in [9.17, 15) is 18.0 Å². The molecule has 2 heterocycles. The first-order valence-electron chi connectivity index (χ1n) is 9.91. The first kappa shape index (κ1) is 20.5. The van der Waals surface area contributed by atoms with Crippen LogP contribution in [0, 0.1) is 5.92 Å². The fourth-order valence-corrected chi connectivity index (χ4v) is 5.58. The van der Waals surface area contributed by atoms with E-state index >= 15 is 0 Å². The van der Waals surface area contributed by atoms with Gasteiger partial charge < -0.3 is 0 Å². The number of aryl methyl sites for hydroxylation is 1. The molecule has 158 valence electrons. The molecule has 0 spiro atoms. The molecule has 0 saturated heterocycles. The molecule has 1 fully saturated rings. The van der Waals surface area contributed by atoms with Crippen LogP contribution in [0.25, 0.3) is 11.0 Å². The van der Waals surface area contributed by atoms with Crippen LogP contribution in [0.15, 0.2) is 57.1 Å². The molecule has 3 atom stereocenters. The third-order valence-electron chi connectivity index (χ3n) is 5.77. The Hall–Kier alpha value is -2.78. The van der Waals surface area contributed by atoms with Crippen molar-refractivity contribution in [2.24, 2.45) is 13.0 Å². The van der Waals surface area contributed by atoms with Crippen molar-refractivity contribution < 1.29 is 8.42 Å². The Bertz CT molecular complexity index is 1300. The summed E-state index contributed by atoms with van der Waals surface area (Å²) in [6.45, 7) is 2.13. The second-order valence-electron chi connectivity index (χ2n) is 8.10. The van der Waals surface area contributed by atoms with E-state index in [0.717, 1.165) is 12.8 Å². The van der Waals surface area contributed by atoms with Crippen molar-refractivity contribution in [2.45, 2.75) is 43.0 Å². The van der Waals surface area contributed by atoms with Gasteiger partial charge in [-0.1, -0.05) is 37.3 Å². The maximum absolute atomic E-state index is 13.0. The average Bonchev–Trinajstić information content (AvgIpc) is 2.71. The van der Waals surface area contributed by atoms with Gasteiger partial charge in [-0.25, -0.2) is 22.9 Å². The Morgan fingerprint density at radius 1 is 1.13 bits per heavy atom. The fraction of sp³-hybridized carbons (Fsp3) is 0.381. The van der Waals surface area contributed by atoms with Crippen LogP contribution in [0.5, 0.6) is 0 Å². The lowest BCUT2D eigenvalue weighted by Gasteiger charge is -2.34. The molecule has 0 amide bonds. The van der Waals surface area contributed by atoms with E-state index in [1.165, 1.54) is 29.4 Å². The van der Waals surface area contributed by atoms with Crippen LogP contribution in [0.4, 0.5) is 0 Å². The highest BCUT2D eigenvalue weighted by atomic mass is 32.2. The SMILES string of the molecule is CC1CC(NS(=O)(=O)c2cnc3c(c2)c(=O)[nH]c(=O)n3C)CC(c2ccccc2)C1. The standard InChI is InChI=1S/C21H24N4O4S/c1-13-8-15(14-6-4-3-5-7-14)10-16(9-13)24-30(28,29)17-11-18-19(22-12-17)25(2)21(27)23-20(18)26/h3-7,11-13,15-16,24H,8-10H2,1-2H3,(H,23,26,27). The van der Waals surface area contributed by atoms with E-state index in [-0.39, 0.29) is 27.9 Å². The van der Waals surface area contributed by atoms with E-state index in [2.05, 4.69) is 33.7 Å². The van der Waals surface area contributed by atoms with Crippen molar-refractivity contribution in [1.82, 2.24) is 19.3 Å². The number of hydrogen-bond donors (Lipinski definition) is 2. The van der Waals surface area contributed by atoms with Gasteiger partial charge in [0.1, 0.15) is 10.5 Å². The van der Waals surface area contributed by atoms with Crippen LogP contribution in [-0.2, 0) is 17.1 Å². The van der Waals surface area contributed by atoms with Gasteiger partial charge in [-0.3, -0.25) is 14.3 Å². The maximum Gasteiger partial charge on any atom is 0.329 e. The van der Waals surface area contributed by atoms with Crippen LogP contribution in [0.1, 0.15) is 37.7 Å². The summed E-state index contributed by atoms with van der Waals surface area (Å²) in [5.74, 6) is 0.665. The summed E-state index contributed by atoms with van der Waals surface area (Å²) in [4.78, 5) is 30.0. The number of aromatic nitrogens is 3. The van der Waals surface area contributed by atoms with E-state index in [1.807, 2.05) is 18.2 Å². The topological polar surface area (TPSA) is 114 Å². The van der Waals surface area contributed by atoms with Crippen LogP contribution in [-0.4, -0.2) is 29.0 Å². The maximum atomic E-state index is 13.0. The summed E-state index contributed by atoms with van der Waals surface area (Å²) in [6, 6.07) is 11.2. The molecular formula is C21H24N4O4S. The minimum absolute atomic E-state index is 0.0548. The fourth-order valence-electron chi connectivity index (χ4n) is 4.35. The highest BCUT2D eigenvalue weighted by molar-refractivity contribution is 7.89. The molecule has 1 saturated carbocycles. The lowest BCUT2D eigenvalue weighted by molar-refractivity contribution is 0.294. The summed E-state index contributed by atoms with van der Waals surface area (Å²) in [5, 5.41) is 0.0548. The molecule has 0 radical (unpaired) electrons. The number of sulfonamides is 1. The van der Waals surface area contributed by atoms with Gasteiger partial charge in [-0.05, 0) is 42.7 Å². The molecule has 8 nitrogen and oxygen atoms in total. The van der Waals surface area contributed by atoms with Gasteiger partial charge in [-0.2, -0.15) is 0 Å². The molecule has 1 aromatic carbocycles. The van der Waals surface area contributed by atoms with Crippen molar-refractivity contribution >= 4 is 21.1 Å². The number of fused-ring (bicyclic) bond motifs is 1. The zero-order valence-electron chi connectivity index (χ0n) is 16.8. The Morgan fingerprint density at radius 2 is 1.87 bits per heavy atom. The zero-order chi connectivity index (χ0) is 21.5. The monoisotopic (exact) mass is 428 g/mol. The molecule has 2 aromatic heterocycles. The van der Waals surface area contributed by atoms with Crippen LogP contribution >= 0.6 is 0 Å². The van der Waals surface area contributed by atoms with Crippen LogP contribution in [0.3, 0.4) is 0 Å². The van der Waals surface area contributed by atoms with E-state index < -0.39 is 21.3 Å². The lowest BCUT2D eigenvalue weighted by atomic mass is 9.76. The molecule has 3 aromatic rings. The molecule has 9 heteroatoms. The second kappa shape index (κ2) is 7.81. The van der Waals surface area contributed by atoms with Crippen molar-refractivity contribution in [3.63, 3.8) is 0 Å². The van der Waals surface area contributed by atoms with Gasteiger partial charge in [-0.15, -0.1) is 0 Å². The third kappa shape index (κ3) is 3.95. The van der Waals surface area contributed by atoms with E-state index in [4.69, 9.17) is 0 Å². The smallest absolute Gasteiger partial charge is 0.281 e. The predicted octanol–water partition coefficient (Wildman–Crippen LogP) is 1.87. The number of nitrogens with one attached hydrogen (secondary N) is 2. The quantitative estimate of drug-likeness (QED) is 0.659. The molecular weight excluding hydrogens is 404 g/mol. The number of rotatable bonds is 4. The molecule has 30 heavy (non-hydrogen) atoms. The van der Waals surface area contributed by atoms with Crippen molar-refractivity contribution in [3.05, 3.63) is 69.0 Å². The van der Waals surface area contributed by atoms with Gasteiger partial charge in [0.05, 0.1) is 5.39 Å².